The van der Waals surface area contributed by atoms with E-state index in [0.717, 1.165) is 22.9 Å². The molecule has 10 heteroatoms. The highest BCUT2D eigenvalue weighted by atomic mass is 79.9. The topological polar surface area (TPSA) is 87.7 Å². The highest BCUT2D eigenvalue weighted by Crippen LogP contribution is 2.24. The average molecular weight is 591 g/mol. The molecule has 190 valence electrons. The zero-order valence-electron chi connectivity index (χ0n) is 20.0. The lowest BCUT2D eigenvalue weighted by molar-refractivity contribution is 0.0973. The molecule has 0 aromatic heterocycles. The predicted octanol–water partition coefficient (Wildman–Crippen LogP) is 5.58. The first-order chi connectivity index (χ1) is 17.2. The summed E-state index contributed by atoms with van der Waals surface area (Å²) >= 11 is 8.67. The van der Waals surface area contributed by atoms with Crippen molar-refractivity contribution in [3.8, 4) is 5.75 Å². The van der Waals surface area contributed by atoms with E-state index in [1.165, 1.54) is 16.4 Å². The van der Waals surface area contributed by atoms with E-state index in [1.807, 2.05) is 36.4 Å². The molecule has 2 N–H and O–H groups in total. The molecule has 0 saturated carbocycles. The van der Waals surface area contributed by atoms with Crippen molar-refractivity contribution in [2.75, 3.05) is 19.0 Å². The largest absolute Gasteiger partial charge is 0.493 e. The number of rotatable bonds is 10. The number of nitrogens with one attached hydrogen (secondary N) is 2. The number of anilines is 1. The number of halogens is 1. The minimum atomic E-state index is -3.67. The van der Waals surface area contributed by atoms with Crippen LogP contribution in [0.3, 0.4) is 0 Å². The summed E-state index contributed by atoms with van der Waals surface area (Å²) in [7, 11) is -2.13. The summed E-state index contributed by atoms with van der Waals surface area (Å²) in [5.74, 6) is 0.0585. The van der Waals surface area contributed by atoms with Gasteiger partial charge in [-0.2, -0.15) is 4.31 Å². The Balaban J connectivity index is 1.63. The number of ether oxygens (including phenoxy) is 1. The number of hydrogen-bond acceptors (Lipinski definition) is 5. The second-order valence-corrected chi connectivity index (χ2v) is 11.4. The molecular weight excluding hydrogens is 562 g/mol. The van der Waals surface area contributed by atoms with Gasteiger partial charge in [-0.1, -0.05) is 59.6 Å². The van der Waals surface area contributed by atoms with Crippen molar-refractivity contribution in [2.24, 2.45) is 0 Å². The molecule has 0 radical (unpaired) electrons. The lowest BCUT2D eigenvalue weighted by atomic mass is 10.2. The van der Waals surface area contributed by atoms with Gasteiger partial charge in [0.05, 0.1) is 17.1 Å². The Morgan fingerprint density at radius 2 is 1.75 bits per heavy atom. The number of sulfonamides is 1. The summed E-state index contributed by atoms with van der Waals surface area (Å²) in [6.07, 6.45) is 1.86. The summed E-state index contributed by atoms with van der Waals surface area (Å²) < 4.78 is 33.7. The van der Waals surface area contributed by atoms with Crippen molar-refractivity contribution in [3.05, 3.63) is 88.4 Å². The van der Waals surface area contributed by atoms with Gasteiger partial charge >= 0.3 is 0 Å². The normalized spacial score (nSPS) is 11.2. The molecule has 36 heavy (non-hydrogen) atoms. The standard InChI is InChI=1S/C26H28BrN3O4S2/c1-3-4-16-34-24-15-10-20(27)17-23(24)25(31)29-26(35)28-21-11-13-22(14-12-21)36(32,33)30(2)18-19-8-6-5-7-9-19/h5-15,17H,3-4,16,18H2,1-2H3,(H2,28,29,31,35). The van der Waals surface area contributed by atoms with Gasteiger partial charge in [0, 0.05) is 23.8 Å². The lowest BCUT2D eigenvalue weighted by Gasteiger charge is -2.18. The number of nitrogens with zero attached hydrogens (tertiary/aromatic N) is 1. The van der Waals surface area contributed by atoms with Gasteiger partial charge in [-0.3, -0.25) is 10.1 Å². The van der Waals surface area contributed by atoms with E-state index in [2.05, 4.69) is 33.5 Å². The van der Waals surface area contributed by atoms with Crippen LogP contribution in [0.2, 0.25) is 0 Å². The van der Waals surface area contributed by atoms with E-state index in [0.29, 0.717) is 23.6 Å². The fraction of sp³-hybridized carbons (Fsp3) is 0.231. The molecule has 3 aromatic carbocycles. The second-order valence-electron chi connectivity index (χ2n) is 8.02. The fourth-order valence-electron chi connectivity index (χ4n) is 3.28. The van der Waals surface area contributed by atoms with E-state index >= 15 is 0 Å². The van der Waals surface area contributed by atoms with Gasteiger partial charge in [0.25, 0.3) is 5.91 Å². The third-order valence-corrected chi connectivity index (χ3v) is 7.75. The van der Waals surface area contributed by atoms with Crippen LogP contribution in [-0.2, 0) is 16.6 Å². The molecule has 0 heterocycles. The molecule has 0 saturated heterocycles. The van der Waals surface area contributed by atoms with E-state index in [1.54, 1.807) is 31.3 Å². The second kappa shape index (κ2) is 13.0. The first-order valence-corrected chi connectivity index (χ1v) is 14.0. The maximum absolute atomic E-state index is 12.9. The van der Waals surface area contributed by atoms with E-state index in [9.17, 15) is 13.2 Å². The first-order valence-electron chi connectivity index (χ1n) is 11.4. The maximum atomic E-state index is 12.9. The van der Waals surface area contributed by atoms with Crippen molar-refractivity contribution in [1.29, 1.82) is 0 Å². The molecule has 3 aromatic rings. The Hall–Kier alpha value is -2.79. The molecule has 0 fully saturated rings. The number of carbonyl (C=O) groups is 1. The summed E-state index contributed by atoms with van der Waals surface area (Å²) in [6.45, 7) is 2.84. The zero-order chi connectivity index (χ0) is 26.1. The number of hydrogen-bond donors (Lipinski definition) is 2. The van der Waals surface area contributed by atoms with Crippen LogP contribution >= 0.6 is 28.1 Å². The van der Waals surface area contributed by atoms with E-state index in [-0.39, 0.29) is 16.6 Å². The Labute approximate surface area is 226 Å². The molecule has 0 aliphatic carbocycles. The van der Waals surface area contributed by atoms with Gasteiger partial charge < -0.3 is 10.1 Å². The van der Waals surface area contributed by atoms with E-state index in [4.69, 9.17) is 17.0 Å². The van der Waals surface area contributed by atoms with Crippen LogP contribution in [0.25, 0.3) is 0 Å². The monoisotopic (exact) mass is 589 g/mol. The Kier molecular flexibility index (Phi) is 10.0. The zero-order valence-corrected chi connectivity index (χ0v) is 23.3. The summed E-state index contributed by atoms with van der Waals surface area (Å²) in [5, 5.41) is 5.64. The van der Waals surface area contributed by atoms with Crippen molar-refractivity contribution in [2.45, 2.75) is 31.2 Å². The van der Waals surface area contributed by atoms with Gasteiger partial charge in [-0.25, -0.2) is 8.42 Å². The van der Waals surface area contributed by atoms with Gasteiger partial charge in [-0.05, 0) is 66.7 Å². The van der Waals surface area contributed by atoms with Crippen LogP contribution in [0.15, 0.2) is 82.2 Å². The number of amides is 1. The molecule has 0 bridgehead atoms. The number of benzene rings is 3. The maximum Gasteiger partial charge on any atom is 0.261 e. The third-order valence-electron chi connectivity index (χ3n) is 5.24. The van der Waals surface area contributed by atoms with Crippen molar-refractivity contribution >= 4 is 54.9 Å². The molecule has 0 aliphatic heterocycles. The predicted molar refractivity (Wildman–Crippen MR) is 150 cm³/mol. The van der Waals surface area contributed by atoms with Crippen LogP contribution in [0.4, 0.5) is 5.69 Å². The minimum absolute atomic E-state index is 0.0799. The van der Waals surface area contributed by atoms with Crippen molar-refractivity contribution in [3.63, 3.8) is 0 Å². The molecule has 0 aliphatic rings. The smallest absolute Gasteiger partial charge is 0.261 e. The fourth-order valence-corrected chi connectivity index (χ4v) is 5.01. The molecule has 3 rings (SSSR count). The molecule has 0 spiro atoms. The third kappa shape index (κ3) is 7.60. The molecule has 0 atom stereocenters. The van der Waals surface area contributed by atoms with Gasteiger partial charge in [0.2, 0.25) is 10.0 Å². The molecule has 1 amide bonds. The van der Waals surface area contributed by atoms with Gasteiger partial charge in [0.1, 0.15) is 5.75 Å². The lowest BCUT2D eigenvalue weighted by Crippen LogP contribution is -2.34. The molecule has 0 unspecified atom stereocenters. The number of carbonyl (C=O) groups excluding carboxylic acids is 1. The van der Waals surface area contributed by atoms with Crippen LogP contribution < -0.4 is 15.4 Å². The Bertz CT molecular complexity index is 1300. The highest BCUT2D eigenvalue weighted by Gasteiger charge is 2.21. The Morgan fingerprint density at radius 1 is 1.06 bits per heavy atom. The molecule has 7 nitrogen and oxygen atoms in total. The number of thiocarbonyl (C=S) groups is 1. The summed E-state index contributed by atoms with van der Waals surface area (Å²) in [6, 6.07) is 20.8. The van der Waals surface area contributed by atoms with Crippen molar-refractivity contribution < 1.29 is 17.9 Å². The van der Waals surface area contributed by atoms with Crippen LogP contribution in [0.5, 0.6) is 5.75 Å². The summed E-state index contributed by atoms with van der Waals surface area (Å²) in [4.78, 5) is 13.0. The van der Waals surface area contributed by atoms with Crippen LogP contribution in [0.1, 0.15) is 35.7 Å². The van der Waals surface area contributed by atoms with E-state index < -0.39 is 15.9 Å². The summed E-state index contributed by atoms with van der Waals surface area (Å²) in [5.41, 5.74) is 1.79. The van der Waals surface area contributed by atoms with Crippen LogP contribution in [-0.4, -0.2) is 37.4 Å². The van der Waals surface area contributed by atoms with Gasteiger partial charge in [-0.15, -0.1) is 0 Å². The van der Waals surface area contributed by atoms with Gasteiger partial charge in [0.15, 0.2) is 5.11 Å². The molecular formula is C26H28BrN3O4S2. The van der Waals surface area contributed by atoms with Crippen molar-refractivity contribution in [1.82, 2.24) is 9.62 Å². The number of unbranched alkanes of at least 4 members (excludes halogenated alkanes) is 1. The highest BCUT2D eigenvalue weighted by molar-refractivity contribution is 9.10. The quantitative estimate of drug-likeness (QED) is 0.237. The SMILES string of the molecule is CCCCOc1ccc(Br)cc1C(=O)NC(=S)Nc1ccc(S(=O)(=O)N(C)Cc2ccccc2)cc1. The Morgan fingerprint density at radius 3 is 2.42 bits per heavy atom. The minimum Gasteiger partial charge on any atom is -0.493 e. The van der Waals surface area contributed by atoms with Crippen LogP contribution in [0, 0.1) is 0 Å². The first kappa shape index (κ1) is 27.8. The average Bonchev–Trinajstić information content (AvgIpc) is 2.85.